The van der Waals surface area contributed by atoms with Gasteiger partial charge in [0, 0.05) is 7.11 Å². The molecule has 0 fully saturated rings. The third-order valence-corrected chi connectivity index (χ3v) is 1.07. The molecule has 2 unspecified atom stereocenters. The van der Waals surface area contributed by atoms with Gasteiger partial charge < -0.3 is 14.9 Å². The van der Waals surface area contributed by atoms with Crippen molar-refractivity contribution in [3.8, 4) is 0 Å². The molecule has 0 aliphatic heterocycles. The van der Waals surface area contributed by atoms with E-state index in [9.17, 15) is 4.39 Å². The van der Waals surface area contributed by atoms with Gasteiger partial charge in [-0.1, -0.05) is 0 Å². The van der Waals surface area contributed by atoms with Crippen molar-refractivity contribution in [2.75, 3.05) is 20.4 Å². The van der Waals surface area contributed by atoms with Crippen LogP contribution in [0.25, 0.3) is 0 Å². The molecule has 0 aliphatic rings. The zero-order valence-corrected chi connectivity index (χ0v) is 5.25. The van der Waals surface area contributed by atoms with Gasteiger partial charge in [-0.05, 0) is 0 Å². The van der Waals surface area contributed by atoms with Crippen LogP contribution in [0.5, 0.6) is 0 Å². The van der Waals surface area contributed by atoms with Crippen LogP contribution >= 0.6 is 0 Å². The molecule has 0 saturated heterocycles. The van der Waals surface area contributed by atoms with Crippen molar-refractivity contribution in [1.82, 2.24) is 0 Å². The van der Waals surface area contributed by atoms with Crippen LogP contribution < -0.4 is 0 Å². The van der Waals surface area contributed by atoms with Crippen LogP contribution in [0.2, 0.25) is 0 Å². The lowest BCUT2D eigenvalue weighted by Crippen LogP contribution is -2.32. The molecule has 0 aromatic rings. The Morgan fingerprint density at radius 2 is 2.22 bits per heavy atom. The average molecular weight is 138 g/mol. The summed E-state index contributed by atoms with van der Waals surface area (Å²) in [6.45, 7) is -1.25. The summed E-state index contributed by atoms with van der Waals surface area (Å²) in [7, 11) is 1.31. The zero-order valence-electron chi connectivity index (χ0n) is 5.25. The summed E-state index contributed by atoms with van der Waals surface area (Å²) >= 11 is 0. The highest BCUT2D eigenvalue weighted by Crippen LogP contribution is 1.96. The first-order valence-corrected chi connectivity index (χ1v) is 2.64. The molecule has 56 valence electrons. The fraction of sp³-hybridized carbons (Fsp3) is 1.00. The second-order valence-corrected chi connectivity index (χ2v) is 1.68. The molecule has 0 aliphatic carbocycles. The van der Waals surface area contributed by atoms with E-state index in [0.29, 0.717) is 0 Å². The maximum absolute atomic E-state index is 11.6. The minimum Gasteiger partial charge on any atom is -0.394 e. The number of alkyl halides is 1. The van der Waals surface area contributed by atoms with Gasteiger partial charge in [0.2, 0.25) is 0 Å². The molecule has 0 aromatic heterocycles. The Balaban J connectivity index is 3.50. The van der Waals surface area contributed by atoms with Gasteiger partial charge in [0.05, 0.1) is 6.61 Å². The van der Waals surface area contributed by atoms with Gasteiger partial charge >= 0.3 is 0 Å². The Labute approximate surface area is 53.1 Å². The summed E-state index contributed by atoms with van der Waals surface area (Å²) in [4.78, 5) is 0. The summed E-state index contributed by atoms with van der Waals surface area (Å²) in [6, 6.07) is 0. The number of ether oxygens (including phenoxy) is 1. The lowest BCUT2D eigenvalue weighted by molar-refractivity contribution is -0.0490. The highest BCUT2D eigenvalue weighted by Gasteiger charge is 2.16. The SMILES string of the molecule is COC(CO)C(O)CF. The lowest BCUT2D eigenvalue weighted by Gasteiger charge is -2.15. The van der Waals surface area contributed by atoms with Crippen LogP contribution in [0.15, 0.2) is 0 Å². The van der Waals surface area contributed by atoms with E-state index in [2.05, 4.69) is 4.74 Å². The molecule has 0 saturated carbocycles. The standard InChI is InChI=1S/C5H11FO3/c1-9-5(3-7)4(8)2-6/h4-5,7-8H,2-3H2,1H3. The van der Waals surface area contributed by atoms with E-state index in [0.717, 1.165) is 0 Å². The molecule has 0 spiro atoms. The van der Waals surface area contributed by atoms with E-state index in [4.69, 9.17) is 10.2 Å². The van der Waals surface area contributed by atoms with E-state index in [1.54, 1.807) is 0 Å². The summed E-state index contributed by atoms with van der Waals surface area (Å²) in [6.07, 6.45) is -2.00. The zero-order chi connectivity index (χ0) is 7.28. The van der Waals surface area contributed by atoms with E-state index in [1.807, 2.05) is 0 Å². The van der Waals surface area contributed by atoms with E-state index in [1.165, 1.54) is 7.11 Å². The van der Waals surface area contributed by atoms with Crippen molar-refractivity contribution in [3.05, 3.63) is 0 Å². The molecule has 0 bridgehead atoms. The maximum Gasteiger partial charge on any atom is 0.118 e. The van der Waals surface area contributed by atoms with Crippen LogP contribution in [0.4, 0.5) is 4.39 Å². The van der Waals surface area contributed by atoms with Crippen LogP contribution in [0.3, 0.4) is 0 Å². The summed E-state index contributed by atoms with van der Waals surface area (Å²) in [5, 5.41) is 17.0. The van der Waals surface area contributed by atoms with Crippen LogP contribution in [-0.2, 0) is 4.74 Å². The molecule has 2 atom stereocenters. The van der Waals surface area contributed by atoms with Crippen LogP contribution in [0.1, 0.15) is 0 Å². The van der Waals surface area contributed by atoms with Gasteiger partial charge in [0.1, 0.15) is 18.9 Å². The molecule has 4 heteroatoms. The average Bonchev–Trinajstić information content (AvgIpc) is 1.90. The first kappa shape index (κ1) is 8.81. The molecule has 3 nitrogen and oxygen atoms in total. The fourth-order valence-corrected chi connectivity index (χ4v) is 0.453. The second-order valence-electron chi connectivity index (χ2n) is 1.68. The van der Waals surface area contributed by atoms with E-state index >= 15 is 0 Å². The predicted octanol–water partition coefficient (Wildman–Crippen LogP) is -0.676. The largest absolute Gasteiger partial charge is 0.394 e. The van der Waals surface area contributed by atoms with Gasteiger partial charge in [-0.2, -0.15) is 0 Å². The van der Waals surface area contributed by atoms with Crippen molar-refractivity contribution in [3.63, 3.8) is 0 Å². The van der Waals surface area contributed by atoms with Gasteiger partial charge in [0.15, 0.2) is 0 Å². The molecule has 0 heterocycles. The summed E-state index contributed by atoms with van der Waals surface area (Å²) < 4.78 is 16.1. The number of hydrogen-bond acceptors (Lipinski definition) is 3. The third-order valence-electron chi connectivity index (χ3n) is 1.07. The molecular formula is C5H11FO3. The van der Waals surface area contributed by atoms with Gasteiger partial charge in [0.25, 0.3) is 0 Å². The first-order chi connectivity index (χ1) is 4.26. The highest BCUT2D eigenvalue weighted by molar-refractivity contribution is 4.65. The maximum atomic E-state index is 11.6. The van der Waals surface area contributed by atoms with Gasteiger partial charge in [-0.25, -0.2) is 4.39 Å². The fourth-order valence-electron chi connectivity index (χ4n) is 0.453. The number of halogens is 1. The number of methoxy groups -OCH3 is 1. The van der Waals surface area contributed by atoms with Crippen LogP contribution in [0, 0.1) is 0 Å². The molecule has 2 N–H and O–H groups in total. The van der Waals surface area contributed by atoms with Crippen molar-refractivity contribution >= 4 is 0 Å². The molecule has 0 aromatic carbocycles. The molecule has 0 rings (SSSR count). The Kier molecular flexibility index (Phi) is 4.57. The number of aliphatic hydroxyl groups is 2. The predicted molar refractivity (Wildman–Crippen MR) is 29.9 cm³/mol. The lowest BCUT2D eigenvalue weighted by atomic mass is 10.2. The number of hydrogen-bond donors (Lipinski definition) is 2. The van der Waals surface area contributed by atoms with Crippen molar-refractivity contribution < 1.29 is 19.3 Å². The van der Waals surface area contributed by atoms with Gasteiger partial charge in [-0.3, -0.25) is 0 Å². The van der Waals surface area contributed by atoms with Crippen molar-refractivity contribution in [2.24, 2.45) is 0 Å². The minimum absolute atomic E-state index is 0.360. The van der Waals surface area contributed by atoms with Crippen molar-refractivity contribution in [1.29, 1.82) is 0 Å². The second kappa shape index (κ2) is 4.67. The smallest absolute Gasteiger partial charge is 0.118 e. The molecule has 9 heavy (non-hydrogen) atoms. The summed E-state index contributed by atoms with van der Waals surface area (Å²) in [5.74, 6) is 0. The monoisotopic (exact) mass is 138 g/mol. The molecule has 0 amide bonds. The Bertz CT molecular complexity index is 65.2. The Morgan fingerprint density at radius 1 is 1.67 bits per heavy atom. The van der Waals surface area contributed by atoms with E-state index < -0.39 is 18.9 Å². The third kappa shape index (κ3) is 2.74. The van der Waals surface area contributed by atoms with Gasteiger partial charge in [-0.15, -0.1) is 0 Å². The van der Waals surface area contributed by atoms with E-state index in [-0.39, 0.29) is 6.61 Å². The van der Waals surface area contributed by atoms with Crippen molar-refractivity contribution in [2.45, 2.75) is 12.2 Å². The number of rotatable bonds is 4. The summed E-state index contributed by atoms with van der Waals surface area (Å²) in [5.41, 5.74) is 0. The van der Waals surface area contributed by atoms with Crippen LogP contribution in [-0.4, -0.2) is 42.8 Å². The molecule has 0 radical (unpaired) electrons. The topological polar surface area (TPSA) is 49.7 Å². The quantitative estimate of drug-likeness (QED) is 0.541. The molecular weight excluding hydrogens is 127 g/mol. The Morgan fingerprint density at radius 3 is 2.33 bits per heavy atom. The first-order valence-electron chi connectivity index (χ1n) is 2.64. The number of aliphatic hydroxyl groups excluding tert-OH is 2. The highest BCUT2D eigenvalue weighted by atomic mass is 19.1. The Hall–Kier alpha value is -0.190. The normalized spacial score (nSPS) is 17.3. The minimum atomic E-state index is -1.21.